The number of nitrogens with two attached hydrogens (primary N) is 1. The Morgan fingerprint density at radius 3 is 1.58 bits per heavy atom. The lowest BCUT2D eigenvalue weighted by atomic mass is 10.1. The van der Waals surface area contributed by atoms with Crippen LogP contribution in [-0.2, 0) is 10.1 Å². The molecule has 0 aromatic heterocycles. The molecule has 0 heterocycles. The Morgan fingerprint density at radius 2 is 1.21 bits per heavy atom. The summed E-state index contributed by atoms with van der Waals surface area (Å²) in [4.78, 5) is 0. The predicted molar refractivity (Wildman–Crippen MR) is 80.6 cm³/mol. The molecule has 5 heteroatoms. The molecular weight excluding hydrogens is 262 g/mol. The first kappa shape index (κ1) is 18.9. The average molecular weight is 293 g/mol. The van der Waals surface area contributed by atoms with Gasteiger partial charge in [-0.05, 0) is 6.42 Å². The van der Waals surface area contributed by atoms with Crippen molar-refractivity contribution < 1.29 is 13.0 Å². The molecule has 0 amide bonds. The summed E-state index contributed by atoms with van der Waals surface area (Å²) in [5, 5.41) is -1.11. The fourth-order valence-corrected chi connectivity index (χ4v) is 2.62. The minimum Gasteiger partial charge on any atom is -0.313 e. The van der Waals surface area contributed by atoms with Crippen molar-refractivity contribution in [2.75, 3.05) is 0 Å². The van der Waals surface area contributed by atoms with E-state index >= 15 is 0 Å². The number of rotatable bonds is 13. The molecule has 0 aromatic carbocycles. The van der Waals surface area contributed by atoms with Crippen LogP contribution in [0.1, 0.15) is 84.0 Å². The van der Waals surface area contributed by atoms with Crippen LogP contribution in [0.25, 0.3) is 0 Å². The van der Waals surface area contributed by atoms with E-state index in [-0.39, 0.29) is 0 Å². The topological polar surface area (TPSA) is 80.4 Å². The van der Waals surface area contributed by atoms with Gasteiger partial charge in [-0.25, -0.2) is 0 Å². The van der Waals surface area contributed by atoms with Gasteiger partial charge in [0.25, 0.3) is 10.1 Å². The molecule has 0 rings (SSSR count). The van der Waals surface area contributed by atoms with Crippen molar-refractivity contribution in [1.29, 1.82) is 0 Å². The van der Waals surface area contributed by atoms with Gasteiger partial charge in [-0.2, -0.15) is 8.42 Å². The van der Waals surface area contributed by atoms with Crippen LogP contribution in [0.2, 0.25) is 0 Å². The fourth-order valence-electron chi connectivity index (χ4n) is 2.16. The second-order valence-electron chi connectivity index (χ2n) is 5.38. The Morgan fingerprint density at radius 1 is 0.842 bits per heavy atom. The lowest BCUT2D eigenvalue weighted by molar-refractivity contribution is 0.457. The minimum absolute atomic E-state index is 0.357. The van der Waals surface area contributed by atoms with E-state index in [1.54, 1.807) is 0 Å². The minimum atomic E-state index is -4.04. The van der Waals surface area contributed by atoms with E-state index in [0.29, 0.717) is 6.42 Å². The zero-order valence-electron chi connectivity index (χ0n) is 12.3. The summed E-state index contributed by atoms with van der Waals surface area (Å²) in [5.41, 5.74) is 5.33. The fraction of sp³-hybridized carbons (Fsp3) is 1.00. The number of hydrogen-bond donors (Lipinski definition) is 2. The molecule has 0 radical (unpaired) electrons. The third-order valence-electron chi connectivity index (χ3n) is 3.47. The van der Waals surface area contributed by atoms with E-state index in [2.05, 4.69) is 6.92 Å². The van der Waals surface area contributed by atoms with Crippen molar-refractivity contribution in [3.8, 4) is 0 Å². The molecule has 1 unspecified atom stereocenters. The van der Waals surface area contributed by atoms with Crippen LogP contribution in [0.4, 0.5) is 0 Å². The smallest absolute Gasteiger partial charge is 0.280 e. The van der Waals surface area contributed by atoms with Crippen molar-refractivity contribution in [3.05, 3.63) is 0 Å². The summed E-state index contributed by atoms with van der Waals surface area (Å²) in [6.07, 6.45) is 13.8. The Bertz CT molecular complexity index is 291. The molecular formula is C14H31NO3S. The van der Waals surface area contributed by atoms with Gasteiger partial charge in [0.1, 0.15) is 5.37 Å². The van der Waals surface area contributed by atoms with Crippen molar-refractivity contribution in [1.82, 2.24) is 0 Å². The van der Waals surface area contributed by atoms with E-state index in [1.807, 2.05) is 0 Å². The maximum Gasteiger partial charge on any atom is 0.280 e. The molecule has 0 fully saturated rings. The Kier molecular flexibility index (Phi) is 11.6. The molecule has 0 spiro atoms. The second-order valence-corrected chi connectivity index (χ2v) is 7.01. The van der Waals surface area contributed by atoms with E-state index in [4.69, 9.17) is 10.3 Å². The van der Waals surface area contributed by atoms with Gasteiger partial charge in [0.05, 0.1) is 0 Å². The van der Waals surface area contributed by atoms with Crippen LogP contribution in [0.5, 0.6) is 0 Å². The monoisotopic (exact) mass is 293 g/mol. The van der Waals surface area contributed by atoms with Crippen molar-refractivity contribution >= 4 is 10.1 Å². The summed E-state index contributed by atoms with van der Waals surface area (Å²) >= 11 is 0. The molecule has 0 aliphatic carbocycles. The zero-order valence-corrected chi connectivity index (χ0v) is 13.1. The highest BCUT2D eigenvalue weighted by atomic mass is 32.2. The van der Waals surface area contributed by atoms with E-state index in [1.165, 1.54) is 51.4 Å². The lowest BCUT2D eigenvalue weighted by Crippen LogP contribution is -2.29. The largest absolute Gasteiger partial charge is 0.313 e. The Hall–Kier alpha value is -0.130. The molecule has 0 aromatic rings. The first-order valence-electron chi connectivity index (χ1n) is 7.70. The first-order valence-corrected chi connectivity index (χ1v) is 9.20. The SMILES string of the molecule is CCCCCCCCCCCCCC(N)S(=O)(=O)O. The standard InChI is InChI=1S/C14H31NO3S/c1-2-3-4-5-6-7-8-9-10-11-12-13-14(15)19(16,17)18/h14H,2-13,15H2,1H3,(H,16,17,18). The highest BCUT2D eigenvalue weighted by molar-refractivity contribution is 7.86. The Labute approximate surface area is 118 Å². The average Bonchev–Trinajstić information content (AvgIpc) is 2.34. The molecule has 0 saturated heterocycles. The summed E-state index contributed by atoms with van der Waals surface area (Å²) < 4.78 is 30.0. The van der Waals surface area contributed by atoms with Crippen molar-refractivity contribution in [3.63, 3.8) is 0 Å². The third kappa shape index (κ3) is 12.6. The lowest BCUT2D eigenvalue weighted by Gasteiger charge is -2.07. The molecule has 0 aliphatic rings. The van der Waals surface area contributed by atoms with Crippen LogP contribution in [-0.4, -0.2) is 18.3 Å². The van der Waals surface area contributed by atoms with Crippen molar-refractivity contribution in [2.24, 2.45) is 5.73 Å². The molecule has 116 valence electrons. The summed E-state index contributed by atoms with van der Waals surface area (Å²) in [5.74, 6) is 0. The van der Waals surface area contributed by atoms with Gasteiger partial charge in [0, 0.05) is 0 Å². The summed E-state index contributed by atoms with van der Waals surface area (Å²) in [6, 6.07) is 0. The van der Waals surface area contributed by atoms with Crippen LogP contribution in [0.3, 0.4) is 0 Å². The molecule has 0 bridgehead atoms. The second kappa shape index (κ2) is 11.7. The molecule has 19 heavy (non-hydrogen) atoms. The molecule has 0 saturated carbocycles. The van der Waals surface area contributed by atoms with E-state index < -0.39 is 15.5 Å². The van der Waals surface area contributed by atoms with Gasteiger partial charge < -0.3 is 5.73 Å². The number of unbranched alkanes of at least 4 members (excludes halogenated alkanes) is 10. The van der Waals surface area contributed by atoms with Crippen molar-refractivity contribution in [2.45, 2.75) is 89.3 Å². The maximum absolute atomic E-state index is 10.7. The highest BCUT2D eigenvalue weighted by Gasteiger charge is 2.16. The maximum atomic E-state index is 10.7. The van der Waals surface area contributed by atoms with Gasteiger partial charge in [0.2, 0.25) is 0 Å². The summed E-state index contributed by atoms with van der Waals surface area (Å²) in [7, 11) is -4.04. The van der Waals surface area contributed by atoms with Gasteiger partial charge in [-0.15, -0.1) is 0 Å². The van der Waals surface area contributed by atoms with E-state index in [0.717, 1.165) is 19.3 Å². The third-order valence-corrected chi connectivity index (χ3v) is 4.48. The van der Waals surface area contributed by atoms with Crippen LogP contribution < -0.4 is 5.73 Å². The van der Waals surface area contributed by atoms with Crippen LogP contribution >= 0.6 is 0 Å². The van der Waals surface area contributed by atoms with Crippen LogP contribution in [0, 0.1) is 0 Å². The van der Waals surface area contributed by atoms with Gasteiger partial charge in [0.15, 0.2) is 0 Å². The normalized spacial score (nSPS) is 13.6. The van der Waals surface area contributed by atoms with E-state index in [9.17, 15) is 8.42 Å². The molecule has 3 N–H and O–H groups in total. The molecule has 0 aliphatic heterocycles. The molecule has 4 nitrogen and oxygen atoms in total. The van der Waals surface area contributed by atoms with Crippen LogP contribution in [0.15, 0.2) is 0 Å². The van der Waals surface area contributed by atoms with Gasteiger partial charge in [-0.1, -0.05) is 77.6 Å². The molecule has 1 atom stereocenters. The Balaban J connectivity index is 3.19. The number of hydrogen-bond acceptors (Lipinski definition) is 3. The first-order chi connectivity index (χ1) is 8.98. The highest BCUT2D eigenvalue weighted by Crippen LogP contribution is 2.12. The summed E-state index contributed by atoms with van der Waals surface area (Å²) in [6.45, 7) is 2.23. The zero-order chi connectivity index (χ0) is 14.6. The quantitative estimate of drug-likeness (QED) is 0.399. The van der Waals surface area contributed by atoms with Gasteiger partial charge in [-0.3, -0.25) is 4.55 Å². The van der Waals surface area contributed by atoms with Gasteiger partial charge >= 0.3 is 0 Å². The predicted octanol–water partition coefficient (Wildman–Crippen LogP) is 3.86.